The number of ether oxygens (including phenoxy) is 3. The topological polar surface area (TPSA) is 108 Å². The molecule has 1 N–H and O–H groups in total. The SMILES string of the molecule is COc1cc(C=Nn2c(-c3cc4c(OC)cccc4o3)nc3ccccc3c2=O)cc(OC)c1O. The number of aromatic hydroxyl groups is 1. The lowest BCUT2D eigenvalue weighted by Crippen LogP contribution is -2.20. The average Bonchev–Trinajstić information content (AvgIpc) is 3.33. The van der Waals surface area contributed by atoms with Crippen molar-refractivity contribution < 1.29 is 23.7 Å². The van der Waals surface area contributed by atoms with Gasteiger partial charge in [0.15, 0.2) is 17.3 Å². The van der Waals surface area contributed by atoms with Crippen molar-refractivity contribution >= 4 is 28.1 Å². The maximum absolute atomic E-state index is 13.4. The summed E-state index contributed by atoms with van der Waals surface area (Å²) >= 11 is 0. The normalized spacial score (nSPS) is 11.4. The Kier molecular flexibility index (Phi) is 5.58. The highest BCUT2D eigenvalue weighted by molar-refractivity contribution is 5.89. The van der Waals surface area contributed by atoms with Gasteiger partial charge in [-0.05, 0) is 42.5 Å². The lowest BCUT2D eigenvalue weighted by molar-refractivity contribution is 0.340. The molecule has 176 valence electrons. The van der Waals surface area contributed by atoms with Crippen LogP contribution >= 0.6 is 0 Å². The third kappa shape index (κ3) is 3.82. The number of para-hydroxylation sites is 1. The van der Waals surface area contributed by atoms with Gasteiger partial charge in [0.25, 0.3) is 5.56 Å². The van der Waals surface area contributed by atoms with Gasteiger partial charge in [-0.15, -0.1) is 0 Å². The molecular formula is C26H21N3O6. The fourth-order valence-electron chi connectivity index (χ4n) is 3.83. The summed E-state index contributed by atoms with van der Waals surface area (Å²) in [6.07, 6.45) is 1.45. The number of furan rings is 1. The van der Waals surface area contributed by atoms with E-state index in [1.807, 2.05) is 24.3 Å². The van der Waals surface area contributed by atoms with Crippen molar-refractivity contribution in [1.29, 1.82) is 0 Å². The number of aromatic nitrogens is 2. The number of methoxy groups -OCH3 is 3. The Bertz CT molecular complexity index is 1630. The predicted octanol–water partition coefficient (Wildman–Crippen LogP) is 4.42. The molecule has 2 heterocycles. The maximum Gasteiger partial charge on any atom is 0.282 e. The Morgan fingerprint density at radius 2 is 1.63 bits per heavy atom. The summed E-state index contributed by atoms with van der Waals surface area (Å²) < 4.78 is 23.1. The Morgan fingerprint density at radius 1 is 0.914 bits per heavy atom. The summed E-state index contributed by atoms with van der Waals surface area (Å²) in [5.74, 6) is 1.50. The van der Waals surface area contributed by atoms with Crippen molar-refractivity contribution in [2.75, 3.05) is 21.3 Å². The Morgan fingerprint density at radius 3 is 2.34 bits per heavy atom. The zero-order valence-electron chi connectivity index (χ0n) is 19.2. The average molecular weight is 471 g/mol. The molecule has 2 aromatic heterocycles. The van der Waals surface area contributed by atoms with E-state index in [1.165, 1.54) is 25.1 Å². The van der Waals surface area contributed by atoms with Gasteiger partial charge in [-0.2, -0.15) is 9.78 Å². The molecule has 0 aliphatic rings. The molecule has 0 fully saturated rings. The van der Waals surface area contributed by atoms with Gasteiger partial charge in [-0.25, -0.2) is 4.98 Å². The highest BCUT2D eigenvalue weighted by Crippen LogP contribution is 2.37. The molecule has 9 heteroatoms. The first-order valence-electron chi connectivity index (χ1n) is 10.6. The molecule has 3 aromatic carbocycles. The lowest BCUT2D eigenvalue weighted by Gasteiger charge is -2.10. The fourth-order valence-corrected chi connectivity index (χ4v) is 3.83. The smallest absolute Gasteiger partial charge is 0.282 e. The lowest BCUT2D eigenvalue weighted by atomic mass is 10.2. The summed E-state index contributed by atoms with van der Waals surface area (Å²) in [6.45, 7) is 0. The number of nitrogens with zero attached hydrogens (tertiary/aromatic N) is 3. The molecule has 0 saturated carbocycles. The van der Waals surface area contributed by atoms with Crippen LogP contribution in [-0.4, -0.2) is 42.3 Å². The van der Waals surface area contributed by atoms with E-state index < -0.39 is 0 Å². The highest BCUT2D eigenvalue weighted by Gasteiger charge is 2.18. The van der Waals surface area contributed by atoms with E-state index in [0.717, 1.165) is 5.39 Å². The van der Waals surface area contributed by atoms with Crippen molar-refractivity contribution in [2.45, 2.75) is 0 Å². The first-order valence-corrected chi connectivity index (χ1v) is 10.6. The van der Waals surface area contributed by atoms with E-state index in [1.54, 1.807) is 43.5 Å². The first-order chi connectivity index (χ1) is 17.0. The molecule has 0 unspecified atom stereocenters. The van der Waals surface area contributed by atoms with Gasteiger partial charge in [-0.1, -0.05) is 18.2 Å². The first kappa shape index (κ1) is 22.0. The van der Waals surface area contributed by atoms with Gasteiger partial charge in [0.1, 0.15) is 11.3 Å². The molecule has 0 aliphatic carbocycles. The number of benzene rings is 3. The predicted molar refractivity (Wildman–Crippen MR) is 132 cm³/mol. The Hall–Kier alpha value is -4.79. The highest BCUT2D eigenvalue weighted by atomic mass is 16.5. The van der Waals surface area contributed by atoms with Crippen LogP contribution in [0.25, 0.3) is 33.5 Å². The van der Waals surface area contributed by atoms with Crippen LogP contribution in [0.1, 0.15) is 5.56 Å². The van der Waals surface area contributed by atoms with Gasteiger partial charge in [0, 0.05) is 5.56 Å². The minimum absolute atomic E-state index is 0.131. The van der Waals surface area contributed by atoms with Crippen LogP contribution in [0, 0.1) is 0 Å². The second kappa shape index (κ2) is 8.86. The van der Waals surface area contributed by atoms with Crippen LogP contribution < -0.4 is 19.8 Å². The number of hydrogen-bond donors (Lipinski definition) is 1. The molecule has 9 nitrogen and oxygen atoms in total. The minimum Gasteiger partial charge on any atom is -0.502 e. The van der Waals surface area contributed by atoms with E-state index in [2.05, 4.69) is 10.1 Å². The number of fused-ring (bicyclic) bond motifs is 2. The molecule has 35 heavy (non-hydrogen) atoms. The third-order valence-corrected chi connectivity index (χ3v) is 5.54. The summed E-state index contributed by atoms with van der Waals surface area (Å²) in [7, 11) is 4.44. The van der Waals surface area contributed by atoms with E-state index in [-0.39, 0.29) is 28.6 Å². The van der Waals surface area contributed by atoms with E-state index in [0.29, 0.717) is 33.6 Å². The summed E-state index contributed by atoms with van der Waals surface area (Å²) in [5.41, 5.74) is 1.27. The van der Waals surface area contributed by atoms with Crippen molar-refractivity contribution in [3.05, 3.63) is 76.6 Å². The monoisotopic (exact) mass is 471 g/mol. The quantitative estimate of drug-likeness (QED) is 0.365. The molecule has 5 rings (SSSR count). The molecule has 0 aliphatic heterocycles. The minimum atomic E-state index is -0.369. The summed E-state index contributed by atoms with van der Waals surface area (Å²) in [4.78, 5) is 18.1. The zero-order chi connectivity index (χ0) is 24.5. The summed E-state index contributed by atoms with van der Waals surface area (Å²) in [6, 6.07) is 17.4. The molecule has 0 saturated heterocycles. The van der Waals surface area contributed by atoms with E-state index >= 15 is 0 Å². The molecule has 0 atom stereocenters. The van der Waals surface area contributed by atoms with Crippen molar-refractivity contribution in [2.24, 2.45) is 5.10 Å². The van der Waals surface area contributed by atoms with Crippen LogP contribution in [-0.2, 0) is 0 Å². The molecule has 0 spiro atoms. The van der Waals surface area contributed by atoms with Crippen molar-refractivity contribution in [1.82, 2.24) is 9.66 Å². The van der Waals surface area contributed by atoms with Crippen LogP contribution in [0.4, 0.5) is 0 Å². The Balaban J connectivity index is 1.72. The van der Waals surface area contributed by atoms with Gasteiger partial charge in [0.2, 0.25) is 11.6 Å². The Labute approximate surface area is 199 Å². The van der Waals surface area contributed by atoms with Gasteiger partial charge >= 0.3 is 0 Å². The maximum atomic E-state index is 13.4. The molecule has 5 aromatic rings. The number of rotatable bonds is 6. The number of phenols is 1. The molecule has 0 radical (unpaired) electrons. The summed E-state index contributed by atoms with van der Waals surface area (Å²) in [5, 5.41) is 15.8. The molecule has 0 amide bonds. The van der Waals surface area contributed by atoms with Crippen LogP contribution in [0.15, 0.2) is 75.0 Å². The van der Waals surface area contributed by atoms with E-state index in [4.69, 9.17) is 18.6 Å². The fraction of sp³-hybridized carbons (Fsp3) is 0.115. The van der Waals surface area contributed by atoms with Crippen molar-refractivity contribution in [3.63, 3.8) is 0 Å². The van der Waals surface area contributed by atoms with Gasteiger partial charge < -0.3 is 23.7 Å². The van der Waals surface area contributed by atoms with Crippen molar-refractivity contribution in [3.8, 4) is 34.6 Å². The van der Waals surface area contributed by atoms with Crippen LogP contribution in [0.2, 0.25) is 0 Å². The molecular weight excluding hydrogens is 450 g/mol. The van der Waals surface area contributed by atoms with E-state index in [9.17, 15) is 9.90 Å². The number of phenolic OH excluding ortho intramolecular Hbond substituents is 1. The van der Waals surface area contributed by atoms with Crippen LogP contribution in [0.3, 0.4) is 0 Å². The second-order valence-electron chi connectivity index (χ2n) is 7.57. The molecule has 0 bridgehead atoms. The standard InChI is InChI=1S/C26H21N3O6/c1-32-19-9-6-10-20-17(19)13-23(35-20)25-28-18-8-5-4-7-16(18)26(31)29(25)27-14-15-11-21(33-2)24(30)22(12-15)34-3/h4-14,30H,1-3H3. The zero-order valence-corrected chi connectivity index (χ0v) is 19.2. The van der Waals surface area contributed by atoms with Crippen LogP contribution in [0.5, 0.6) is 23.0 Å². The second-order valence-corrected chi connectivity index (χ2v) is 7.57. The number of hydrogen-bond acceptors (Lipinski definition) is 8. The van der Waals surface area contributed by atoms with Gasteiger partial charge in [0.05, 0.1) is 43.8 Å². The third-order valence-electron chi connectivity index (χ3n) is 5.54. The largest absolute Gasteiger partial charge is 0.502 e. The van der Waals surface area contributed by atoms with Gasteiger partial charge in [-0.3, -0.25) is 4.79 Å².